The molecule has 3 amide bonds. The third kappa shape index (κ3) is 4.65. The predicted octanol–water partition coefficient (Wildman–Crippen LogP) is 1.98. The van der Waals surface area contributed by atoms with Crippen molar-refractivity contribution < 1.29 is 9.59 Å². The Morgan fingerprint density at radius 3 is 1.81 bits per heavy atom. The molecule has 0 spiro atoms. The maximum atomic E-state index is 12.5. The normalized spacial score (nSPS) is 16.1. The average Bonchev–Trinajstić information content (AvgIpc) is 2.69. The number of rotatable bonds is 5. The lowest BCUT2D eigenvalue weighted by Gasteiger charge is -2.40. The van der Waals surface area contributed by atoms with Crippen molar-refractivity contribution in [3.8, 4) is 0 Å². The summed E-state index contributed by atoms with van der Waals surface area (Å²) in [7, 11) is 0. The molecule has 1 aliphatic rings. The van der Waals surface area contributed by atoms with E-state index in [0.29, 0.717) is 13.1 Å². The van der Waals surface area contributed by atoms with Gasteiger partial charge in [-0.2, -0.15) is 0 Å². The minimum absolute atomic E-state index is 0.0931. The van der Waals surface area contributed by atoms with E-state index in [1.807, 2.05) is 12.1 Å². The summed E-state index contributed by atoms with van der Waals surface area (Å²) in [4.78, 5) is 27.7. The zero-order chi connectivity index (χ0) is 19.2. The monoisotopic (exact) mass is 366 g/mol. The lowest BCUT2D eigenvalue weighted by Crippen LogP contribution is -2.55. The van der Waals surface area contributed by atoms with Crippen LogP contribution in [-0.2, 0) is 4.79 Å². The predicted molar refractivity (Wildman–Crippen MR) is 105 cm³/mol. The summed E-state index contributed by atoms with van der Waals surface area (Å²) in [6.07, 6.45) is 0. The van der Waals surface area contributed by atoms with E-state index in [1.165, 1.54) is 11.1 Å². The van der Waals surface area contributed by atoms with Crippen LogP contribution in [-0.4, -0.2) is 54.0 Å². The Kier molecular flexibility index (Phi) is 6.08. The van der Waals surface area contributed by atoms with Crippen molar-refractivity contribution in [2.75, 3.05) is 26.2 Å². The number of amides is 3. The molecule has 1 aliphatic heterocycles. The van der Waals surface area contributed by atoms with Crippen molar-refractivity contribution in [2.24, 2.45) is 5.73 Å². The largest absolute Gasteiger partial charge is 0.352 e. The number of nitrogens with two attached hydrogens (primary N) is 1. The van der Waals surface area contributed by atoms with Crippen LogP contribution in [0.15, 0.2) is 60.7 Å². The van der Waals surface area contributed by atoms with Crippen LogP contribution < -0.4 is 11.1 Å². The first kappa shape index (κ1) is 18.9. The van der Waals surface area contributed by atoms with Crippen LogP contribution in [0.3, 0.4) is 0 Å². The van der Waals surface area contributed by atoms with Crippen LogP contribution in [0.1, 0.15) is 24.1 Å². The van der Waals surface area contributed by atoms with Gasteiger partial charge in [0.15, 0.2) is 0 Å². The minimum atomic E-state index is -0.678. The number of carbonyl (C=O) groups excluding carboxylic acids is 2. The number of nitrogens with zero attached hydrogens (tertiary/aromatic N) is 2. The Balaban J connectivity index is 1.72. The van der Waals surface area contributed by atoms with Gasteiger partial charge in [-0.15, -0.1) is 0 Å². The van der Waals surface area contributed by atoms with Crippen LogP contribution in [0.2, 0.25) is 0 Å². The van der Waals surface area contributed by atoms with Crippen LogP contribution in [0.25, 0.3) is 0 Å². The van der Waals surface area contributed by atoms with E-state index >= 15 is 0 Å². The van der Waals surface area contributed by atoms with Crippen LogP contribution in [0.4, 0.5) is 4.79 Å². The quantitative estimate of drug-likeness (QED) is 0.849. The van der Waals surface area contributed by atoms with E-state index in [0.717, 1.165) is 13.1 Å². The number of hydrogen-bond donors (Lipinski definition) is 2. The second-order valence-corrected chi connectivity index (χ2v) is 6.82. The topological polar surface area (TPSA) is 78.7 Å². The van der Waals surface area contributed by atoms with Crippen molar-refractivity contribution >= 4 is 11.9 Å². The summed E-state index contributed by atoms with van der Waals surface area (Å²) in [5.41, 5.74) is 7.61. The van der Waals surface area contributed by atoms with Crippen LogP contribution in [0, 0.1) is 0 Å². The maximum absolute atomic E-state index is 12.5. The highest BCUT2D eigenvalue weighted by Gasteiger charge is 2.29. The summed E-state index contributed by atoms with van der Waals surface area (Å²) in [5, 5.41) is 2.46. The number of benzene rings is 2. The summed E-state index contributed by atoms with van der Waals surface area (Å²) in [6, 6.07) is 19.7. The molecule has 0 saturated carbocycles. The number of piperazine rings is 1. The molecule has 2 aromatic carbocycles. The molecule has 0 unspecified atom stereocenters. The summed E-state index contributed by atoms with van der Waals surface area (Å²) < 4.78 is 0. The van der Waals surface area contributed by atoms with Gasteiger partial charge >= 0.3 is 6.03 Å². The average molecular weight is 366 g/mol. The van der Waals surface area contributed by atoms with Gasteiger partial charge in [0, 0.05) is 26.2 Å². The maximum Gasteiger partial charge on any atom is 0.312 e. The molecule has 1 saturated heterocycles. The molecule has 3 rings (SSSR count). The molecule has 0 aromatic heterocycles. The van der Waals surface area contributed by atoms with Gasteiger partial charge in [-0.1, -0.05) is 60.7 Å². The number of carbonyl (C=O) groups is 2. The number of primary amides is 1. The van der Waals surface area contributed by atoms with Crippen molar-refractivity contribution in [3.63, 3.8) is 0 Å². The first-order valence-electron chi connectivity index (χ1n) is 9.25. The first-order chi connectivity index (χ1) is 13.1. The Morgan fingerprint density at radius 1 is 0.889 bits per heavy atom. The lowest BCUT2D eigenvalue weighted by atomic mass is 9.96. The minimum Gasteiger partial charge on any atom is -0.352 e. The molecule has 6 heteroatoms. The molecule has 27 heavy (non-hydrogen) atoms. The van der Waals surface area contributed by atoms with Gasteiger partial charge in [-0.05, 0) is 18.1 Å². The fourth-order valence-electron chi connectivity index (χ4n) is 3.63. The third-order valence-electron chi connectivity index (χ3n) is 4.95. The molecule has 3 N–H and O–H groups in total. The van der Waals surface area contributed by atoms with E-state index in [9.17, 15) is 9.59 Å². The fraction of sp³-hybridized carbons (Fsp3) is 0.333. The van der Waals surface area contributed by atoms with Crippen LogP contribution in [0.5, 0.6) is 0 Å². The molecule has 1 heterocycles. The second-order valence-electron chi connectivity index (χ2n) is 6.82. The molecule has 1 atom stereocenters. The molecule has 0 aliphatic carbocycles. The SMILES string of the molecule is C[C@@H](NC(N)=O)C(=O)N1CCN(C(c2ccccc2)c2ccccc2)CC1. The smallest absolute Gasteiger partial charge is 0.312 e. The highest BCUT2D eigenvalue weighted by molar-refractivity contribution is 5.86. The molecule has 1 fully saturated rings. The lowest BCUT2D eigenvalue weighted by molar-refractivity contribution is -0.134. The Labute approximate surface area is 159 Å². The molecule has 0 bridgehead atoms. The highest BCUT2D eigenvalue weighted by Crippen LogP contribution is 2.29. The molecule has 6 nitrogen and oxygen atoms in total. The van der Waals surface area contributed by atoms with Gasteiger partial charge in [-0.3, -0.25) is 9.69 Å². The van der Waals surface area contributed by atoms with E-state index in [1.54, 1.807) is 11.8 Å². The van der Waals surface area contributed by atoms with E-state index < -0.39 is 12.1 Å². The van der Waals surface area contributed by atoms with E-state index in [2.05, 4.69) is 58.7 Å². The van der Waals surface area contributed by atoms with E-state index in [4.69, 9.17) is 5.73 Å². The first-order valence-corrected chi connectivity index (χ1v) is 9.25. The Morgan fingerprint density at radius 2 is 1.37 bits per heavy atom. The van der Waals surface area contributed by atoms with Crippen molar-refractivity contribution in [1.82, 2.24) is 15.1 Å². The fourth-order valence-corrected chi connectivity index (χ4v) is 3.63. The number of hydrogen-bond acceptors (Lipinski definition) is 3. The second kappa shape index (κ2) is 8.68. The number of nitrogens with one attached hydrogen (secondary N) is 1. The number of urea groups is 1. The van der Waals surface area contributed by atoms with E-state index in [-0.39, 0.29) is 11.9 Å². The molecule has 2 aromatic rings. The van der Waals surface area contributed by atoms with Gasteiger partial charge in [0.2, 0.25) is 5.91 Å². The zero-order valence-electron chi connectivity index (χ0n) is 15.5. The van der Waals surface area contributed by atoms with Gasteiger partial charge in [0.25, 0.3) is 0 Å². The summed E-state index contributed by atoms with van der Waals surface area (Å²) in [5.74, 6) is -0.0931. The Bertz CT molecular complexity index is 719. The molecular formula is C21H26N4O2. The van der Waals surface area contributed by atoms with Crippen molar-refractivity contribution in [3.05, 3.63) is 71.8 Å². The van der Waals surface area contributed by atoms with Gasteiger partial charge in [0.05, 0.1) is 6.04 Å². The third-order valence-corrected chi connectivity index (χ3v) is 4.95. The molecule has 142 valence electrons. The van der Waals surface area contributed by atoms with Gasteiger partial charge in [-0.25, -0.2) is 4.79 Å². The van der Waals surface area contributed by atoms with Gasteiger partial charge in [0.1, 0.15) is 6.04 Å². The van der Waals surface area contributed by atoms with Crippen molar-refractivity contribution in [1.29, 1.82) is 0 Å². The Hall–Kier alpha value is -2.86. The summed E-state index contributed by atoms with van der Waals surface area (Å²) in [6.45, 7) is 4.45. The van der Waals surface area contributed by atoms with Gasteiger partial charge < -0.3 is 16.0 Å². The standard InChI is InChI=1S/C21H26N4O2/c1-16(23-21(22)27)20(26)25-14-12-24(13-15-25)19(17-8-4-2-5-9-17)18-10-6-3-7-11-18/h2-11,16,19H,12-15H2,1H3,(H3,22,23,27)/t16-/m1/s1. The highest BCUT2D eigenvalue weighted by atomic mass is 16.2. The molecular weight excluding hydrogens is 340 g/mol. The van der Waals surface area contributed by atoms with Crippen molar-refractivity contribution in [2.45, 2.75) is 19.0 Å². The molecule has 0 radical (unpaired) electrons. The summed E-state index contributed by atoms with van der Waals surface area (Å²) >= 11 is 0. The zero-order valence-corrected chi connectivity index (χ0v) is 15.5. The van der Waals surface area contributed by atoms with Crippen LogP contribution >= 0.6 is 0 Å².